The molecule has 5 heteroatoms. The summed E-state index contributed by atoms with van der Waals surface area (Å²) in [7, 11) is 0. The summed E-state index contributed by atoms with van der Waals surface area (Å²) < 4.78 is 0. The molecule has 2 heterocycles. The summed E-state index contributed by atoms with van der Waals surface area (Å²) in [4.78, 5) is 30.2. The molecule has 22 heavy (non-hydrogen) atoms. The van der Waals surface area contributed by atoms with Gasteiger partial charge >= 0.3 is 0 Å². The van der Waals surface area contributed by atoms with Gasteiger partial charge in [-0.2, -0.15) is 0 Å². The highest BCUT2D eigenvalue weighted by Crippen LogP contribution is 2.20. The molecule has 5 nitrogen and oxygen atoms in total. The van der Waals surface area contributed by atoms with E-state index >= 15 is 0 Å². The molecule has 1 fully saturated rings. The summed E-state index contributed by atoms with van der Waals surface area (Å²) in [6.45, 7) is 2.80. The normalized spacial score (nSPS) is 18.2. The molecule has 1 aromatic carbocycles. The molecule has 0 aliphatic carbocycles. The Balaban J connectivity index is 1.84. The minimum absolute atomic E-state index is 0.00801. The summed E-state index contributed by atoms with van der Waals surface area (Å²) in [6.07, 6.45) is 3.49. The van der Waals surface area contributed by atoms with Crippen LogP contribution in [0.5, 0.6) is 0 Å². The number of pyridine rings is 1. The number of hydrogen-bond donors (Lipinski definition) is 1. The molecular weight excluding hydrogens is 278 g/mol. The van der Waals surface area contributed by atoms with E-state index in [9.17, 15) is 9.59 Å². The van der Waals surface area contributed by atoms with Crippen LogP contribution in [0.3, 0.4) is 0 Å². The number of aromatic nitrogens is 1. The molecule has 2 amide bonds. The topological polar surface area (TPSA) is 62.3 Å². The van der Waals surface area contributed by atoms with Gasteiger partial charge in [0.2, 0.25) is 5.91 Å². The van der Waals surface area contributed by atoms with Gasteiger partial charge in [-0.15, -0.1) is 0 Å². The minimum atomic E-state index is -0.0475. The second kappa shape index (κ2) is 6.13. The Labute approximate surface area is 129 Å². The zero-order chi connectivity index (χ0) is 15.5. The number of amides is 2. The molecule has 0 radical (unpaired) electrons. The van der Waals surface area contributed by atoms with Gasteiger partial charge < -0.3 is 10.2 Å². The van der Waals surface area contributed by atoms with Gasteiger partial charge in [-0.05, 0) is 25.0 Å². The maximum atomic E-state index is 12.8. The highest BCUT2D eigenvalue weighted by Gasteiger charge is 2.25. The third-order valence-electron chi connectivity index (χ3n) is 4.00. The lowest BCUT2D eigenvalue weighted by atomic mass is 10.0. The number of likely N-dealkylation sites (tertiary alicyclic amines) is 1. The molecule has 0 bridgehead atoms. The minimum Gasteiger partial charge on any atom is -0.352 e. The van der Waals surface area contributed by atoms with Crippen LogP contribution in [0.2, 0.25) is 0 Å². The van der Waals surface area contributed by atoms with Crippen molar-refractivity contribution >= 4 is 22.7 Å². The molecule has 1 atom stereocenters. The van der Waals surface area contributed by atoms with Crippen molar-refractivity contribution in [2.45, 2.75) is 25.8 Å². The van der Waals surface area contributed by atoms with E-state index in [4.69, 9.17) is 0 Å². The fourth-order valence-electron chi connectivity index (χ4n) is 3.02. The first kappa shape index (κ1) is 14.5. The Bertz CT molecular complexity index is 709. The molecule has 1 aliphatic heterocycles. The predicted octanol–water partition coefficient (Wildman–Crippen LogP) is 1.98. The number of para-hydroxylation sites is 1. The van der Waals surface area contributed by atoms with Crippen molar-refractivity contribution in [3.8, 4) is 0 Å². The molecule has 1 N–H and O–H groups in total. The van der Waals surface area contributed by atoms with Crippen LogP contribution in [0, 0.1) is 0 Å². The molecular formula is C17H19N3O2. The molecule has 1 aliphatic rings. The molecule has 3 rings (SSSR count). The van der Waals surface area contributed by atoms with E-state index in [0.29, 0.717) is 12.1 Å². The zero-order valence-corrected chi connectivity index (χ0v) is 12.6. The van der Waals surface area contributed by atoms with E-state index in [1.54, 1.807) is 12.3 Å². The average Bonchev–Trinajstić information content (AvgIpc) is 2.53. The van der Waals surface area contributed by atoms with E-state index in [2.05, 4.69) is 10.3 Å². The number of carbonyl (C=O) groups is 2. The number of fused-ring (bicyclic) bond motifs is 1. The number of benzene rings is 1. The van der Waals surface area contributed by atoms with Gasteiger partial charge in [0.1, 0.15) is 0 Å². The van der Waals surface area contributed by atoms with Gasteiger partial charge in [-0.1, -0.05) is 18.2 Å². The molecule has 1 saturated heterocycles. The van der Waals surface area contributed by atoms with Gasteiger partial charge in [0.05, 0.1) is 11.1 Å². The van der Waals surface area contributed by atoms with Crippen molar-refractivity contribution in [2.75, 3.05) is 13.1 Å². The van der Waals surface area contributed by atoms with E-state index in [0.717, 1.165) is 30.3 Å². The third kappa shape index (κ3) is 2.93. The summed E-state index contributed by atoms with van der Waals surface area (Å²) in [6, 6.07) is 9.47. The Hall–Kier alpha value is -2.43. The lowest BCUT2D eigenvalue weighted by molar-refractivity contribution is -0.120. The van der Waals surface area contributed by atoms with Crippen molar-refractivity contribution in [3.05, 3.63) is 42.1 Å². The number of piperidine rings is 1. The second-order valence-corrected chi connectivity index (χ2v) is 5.67. The Kier molecular flexibility index (Phi) is 4.04. The zero-order valence-electron chi connectivity index (χ0n) is 12.6. The van der Waals surface area contributed by atoms with Gasteiger partial charge in [0, 0.05) is 37.6 Å². The largest absolute Gasteiger partial charge is 0.352 e. The number of carbonyl (C=O) groups excluding carboxylic acids is 2. The quantitative estimate of drug-likeness (QED) is 0.922. The SMILES string of the molecule is CC(=O)N[C@@H]1CCCN(C(=O)c2ccnc3ccccc23)C1. The molecule has 1 aromatic heterocycles. The predicted molar refractivity (Wildman–Crippen MR) is 84.5 cm³/mol. The first-order valence-electron chi connectivity index (χ1n) is 7.55. The lowest BCUT2D eigenvalue weighted by Crippen LogP contribution is -2.49. The fourth-order valence-corrected chi connectivity index (χ4v) is 3.02. The van der Waals surface area contributed by atoms with Crippen LogP contribution in [-0.2, 0) is 4.79 Å². The van der Waals surface area contributed by atoms with Crippen LogP contribution in [0.25, 0.3) is 10.9 Å². The van der Waals surface area contributed by atoms with Crippen LogP contribution in [0.4, 0.5) is 0 Å². The van der Waals surface area contributed by atoms with E-state index in [1.165, 1.54) is 6.92 Å². The number of rotatable bonds is 2. The Morgan fingerprint density at radius 3 is 2.91 bits per heavy atom. The summed E-state index contributed by atoms with van der Waals surface area (Å²) in [5.41, 5.74) is 1.50. The highest BCUT2D eigenvalue weighted by molar-refractivity contribution is 6.06. The lowest BCUT2D eigenvalue weighted by Gasteiger charge is -2.33. The maximum absolute atomic E-state index is 12.8. The smallest absolute Gasteiger partial charge is 0.254 e. The van der Waals surface area contributed by atoms with Gasteiger partial charge in [0.25, 0.3) is 5.91 Å². The molecule has 0 unspecified atom stereocenters. The van der Waals surface area contributed by atoms with Crippen LogP contribution in [0.1, 0.15) is 30.1 Å². The van der Waals surface area contributed by atoms with Crippen LogP contribution in [-0.4, -0.2) is 40.8 Å². The molecule has 2 aromatic rings. The molecule has 0 saturated carbocycles. The van der Waals surface area contributed by atoms with Gasteiger partial charge in [0.15, 0.2) is 0 Å². The van der Waals surface area contributed by atoms with Crippen LogP contribution >= 0.6 is 0 Å². The standard InChI is InChI=1S/C17H19N3O2/c1-12(21)19-13-5-4-10-20(11-13)17(22)15-8-9-18-16-7-3-2-6-14(15)16/h2-3,6-9,13H,4-5,10-11H2,1H3,(H,19,21)/t13-/m1/s1. The third-order valence-corrected chi connectivity index (χ3v) is 4.00. The van der Waals surface area contributed by atoms with E-state index in [-0.39, 0.29) is 17.9 Å². The summed E-state index contributed by atoms with van der Waals surface area (Å²) >= 11 is 0. The highest BCUT2D eigenvalue weighted by atomic mass is 16.2. The van der Waals surface area contributed by atoms with E-state index in [1.807, 2.05) is 29.2 Å². The van der Waals surface area contributed by atoms with Crippen LogP contribution in [0.15, 0.2) is 36.5 Å². The monoisotopic (exact) mass is 297 g/mol. The number of nitrogens with zero attached hydrogens (tertiary/aromatic N) is 2. The van der Waals surface area contributed by atoms with Gasteiger partial charge in [-0.25, -0.2) is 0 Å². The van der Waals surface area contributed by atoms with E-state index < -0.39 is 0 Å². The molecule has 0 spiro atoms. The number of nitrogens with one attached hydrogen (secondary N) is 1. The van der Waals surface area contributed by atoms with Crippen molar-refractivity contribution in [1.29, 1.82) is 0 Å². The van der Waals surface area contributed by atoms with Crippen molar-refractivity contribution in [1.82, 2.24) is 15.2 Å². The summed E-state index contributed by atoms with van der Waals surface area (Å²) in [5, 5.41) is 3.78. The fraction of sp³-hybridized carbons (Fsp3) is 0.353. The summed E-state index contributed by atoms with van der Waals surface area (Å²) in [5.74, 6) is -0.0395. The first-order chi connectivity index (χ1) is 10.6. The Morgan fingerprint density at radius 2 is 2.09 bits per heavy atom. The molecule has 114 valence electrons. The van der Waals surface area contributed by atoms with Crippen molar-refractivity contribution < 1.29 is 9.59 Å². The number of hydrogen-bond acceptors (Lipinski definition) is 3. The van der Waals surface area contributed by atoms with Crippen molar-refractivity contribution in [2.24, 2.45) is 0 Å². The maximum Gasteiger partial charge on any atom is 0.254 e. The van der Waals surface area contributed by atoms with Crippen LogP contribution < -0.4 is 5.32 Å². The Morgan fingerprint density at radius 1 is 1.27 bits per heavy atom. The average molecular weight is 297 g/mol. The van der Waals surface area contributed by atoms with Gasteiger partial charge in [-0.3, -0.25) is 14.6 Å². The first-order valence-corrected chi connectivity index (χ1v) is 7.55. The van der Waals surface area contributed by atoms with Crippen molar-refractivity contribution in [3.63, 3.8) is 0 Å². The second-order valence-electron chi connectivity index (χ2n) is 5.67.